The van der Waals surface area contributed by atoms with Crippen LogP contribution in [0.1, 0.15) is 6.92 Å². The van der Waals surface area contributed by atoms with E-state index < -0.39 is 0 Å². The van der Waals surface area contributed by atoms with Crippen molar-refractivity contribution in [2.24, 2.45) is 0 Å². The molecule has 0 unspecified atom stereocenters. The standard InChI is InChI=1S/C10H19N3S/c1-2-14-10-9-13-7-5-12(4-3-11)6-8-13/h2,4-10H2,1H3. The lowest BCUT2D eigenvalue weighted by Crippen LogP contribution is -2.46. The fourth-order valence-corrected chi connectivity index (χ4v) is 2.28. The summed E-state index contributed by atoms with van der Waals surface area (Å²) in [5.74, 6) is 2.46. The lowest BCUT2D eigenvalue weighted by molar-refractivity contribution is 0.150. The van der Waals surface area contributed by atoms with E-state index >= 15 is 0 Å². The molecule has 0 saturated carbocycles. The van der Waals surface area contributed by atoms with Gasteiger partial charge in [-0.25, -0.2) is 0 Å². The third-order valence-electron chi connectivity index (χ3n) is 2.52. The van der Waals surface area contributed by atoms with Gasteiger partial charge in [-0.2, -0.15) is 17.0 Å². The topological polar surface area (TPSA) is 30.3 Å². The predicted molar refractivity (Wildman–Crippen MR) is 61.5 cm³/mol. The Morgan fingerprint density at radius 1 is 1.21 bits per heavy atom. The van der Waals surface area contributed by atoms with E-state index in [9.17, 15) is 0 Å². The first-order chi connectivity index (χ1) is 6.86. The molecule has 0 radical (unpaired) electrons. The van der Waals surface area contributed by atoms with Gasteiger partial charge in [0.1, 0.15) is 0 Å². The third-order valence-corrected chi connectivity index (χ3v) is 3.39. The summed E-state index contributed by atoms with van der Waals surface area (Å²) in [5.41, 5.74) is 0. The van der Waals surface area contributed by atoms with Crippen molar-refractivity contribution in [3.8, 4) is 6.07 Å². The highest BCUT2D eigenvalue weighted by Gasteiger charge is 2.15. The molecule has 0 atom stereocenters. The molecule has 0 aromatic rings. The number of nitriles is 1. The molecule has 0 amide bonds. The second-order valence-corrected chi connectivity index (χ2v) is 4.87. The Labute approximate surface area is 91.1 Å². The van der Waals surface area contributed by atoms with Crippen LogP contribution in [0.2, 0.25) is 0 Å². The fraction of sp³-hybridized carbons (Fsp3) is 0.900. The van der Waals surface area contributed by atoms with Crippen LogP contribution in [-0.4, -0.2) is 60.6 Å². The van der Waals surface area contributed by atoms with Gasteiger partial charge in [0.15, 0.2) is 0 Å². The maximum atomic E-state index is 8.55. The van der Waals surface area contributed by atoms with Crippen LogP contribution in [-0.2, 0) is 0 Å². The van der Waals surface area contributed by atoms with Crippen molar-refractivity contribution >= 4 is 11.8 Å². The Hall–Kier alpha value is -0.240. The van der Waals surface area contributed by atoms with Gasteiger partial charge in [0.2, 0.25) is 0 Å². The van der Waals surface area contributed by atoms with Crippen LogP contribution in [0.15, 0.2) is 0 Å². The summed E-state index contributed by atoms with van der Waals surface area (Å²) < 4.78 is 0. The second-order valence-electron chi connectivity index (χ2n) is 3.47. The van der Waals surface area contributed by atoms with Gasteiger partial charge >= 0.3 is 0 Å². The average molecular weight is 213 g/mol. The molecule has 80 valence electrons. The van der Waals surface area contributed by atoms with E-state index in [2.05, 4.69) is 22.8 Å². The first kappa shape index (κ1) is 11.8. The highest BCUT2D eigenvalue weighted by molar-refractivity contribution is 7.99. The highest BCUT2D eigenvalue weighted by Crippen LogP contribution is 2.04. The number of thioether (sulfide) groups is 1. The Kier molecular flexibility index (Phi) is 6.00. The van der Waals surface area contributed by atoms with E-state index in [-0.39, 0.29) is 0 Å². The van der Waals surface area contributed by atoms with Crippen molar-refractivity contribution in [3.63, 3.8) is 0 Å². The summed E-state index contributed by atoms with van der Waals surface area (Å²) in [6.45, 7) is 8.39. The van der Waals surface area contributed by atoms with Crippen LogP contribution >= 0.6 is 11.8 Å². The van der Waals surface area contributed by atoms with Gasteiger partial charge in [-0.05, 0) is 5.75 Å². The molecule has 0 bridgehead atoms. The Morgan fingerprint density at radius 3 is 2.43 bits per heavy atom. The minimum absolute atomic E-state index is 0.595. The molecule has 1 aliphatic heterocycles. The van der Waals surface area contributed by atoms with Crippen LogP contribution < -0.4 is 0 Å². The quantitative estimate of drug-likeness (QED) is 0.501. The van der Waals surface area contributed by atoms with Gasteiger partial charge in [-0.1, -0.05) is 6.92 Å². The van der Waals surface area contributed by atoms with E-state index in [0.29, 0.717) is 6.54 Å². The molecular weight excluding hydrogens is 194 g/mol. The smallest absolute Gasteiger partial charge is 0.0866 e. The third kappa shape index (κ3) is 4.32. The average Bonchev–Trinajstić information content (AvgIpc) is 2.21. The minimum Gasteiger partial charge on any atom is -0.300 e. The van der Waals surface area contributed by atoms with E-state index in [4.69, 9.17) is 5.26 Å². The molecule has 14 heavy (non-hydrogen) atoms. The first-order valence-electron chi connectivity index (χ1n) is 5.26. The molecule has 0 aliphatic carbocycles. The lowest BCUT2D eigenvalue weighted by Gasteiger charge is -2.33. The highest BCUT2D eigenvalue weighted by atomic mass is 32.2. The molecule has 4 heteroatoms. The van der Waals surface area contributed by atoms with Crippen molar-refractivity contribution in [2.45, 2.75) is 6.92 Å². The fourth-order valence-electron chi connectivity index (χ4n) is 1.61. The molecular formula is C10H19N3S. The van der Waals surface area contributed by atoms with Crippen molar-refractivity contribution in [1.29, 1.82) is 5.26 Å². The van der Waals surface area contributed by atoms with Gasteiger partial charge in [0.05, 0.1) is 12.6 Å². The number of nitrogens with zero attached hydrogens (tertiary/aromatic N) is 3. The molecule has 1 saturated heterocycles. The maximum absolute atomic E-state index is 8.55. The van der Waals surface area contributed by atoms with E-state index in [1.807, 2.05) is 11.8 Å². The summed E-state index contributed by atoms with van der Waals surface area (Å²) >= 11 is 2.01. The number of hydrogen-bond donors (Lipinski definition) is 0. The Balaban J connectivity index is 2.07. The first-order valence-corrected chi connectivity index (χ1v) is 6.41. The van der Waals surface area contributed by atoms with Crippen molar-refractivity contribution in [2.75, 3.05) is 50.8 Å². The zero-order valence-corrected chi connectivity index (χ0v) is 9.72. The van der Waals surface area contributed by atoms with Crippen molar-refractivity contribution in [1.82, 2.24) is 9.80 Å². The summed E-state index contributed by atoms with van der Waals surface area (Å²) in [5, 5.41) is 8.55. The van der Waals surface area contributed by atoms with E-state index in [1.165, 1.54) is 18.1 Å². The zero-order chi connectivity index (χ0) is 10.2. The monoisotopic (exact) mass is 213 g/mol. The van der Waals surface area contributed by atoms with Gasteiger partial charge in [-0.15, -0.1) is 0 Å². The lowest BCUT2D eigenvalue weighted by atomic mass is 10.3. The molecule has 0 N–H and O–H groups in total. The molecule has 1 heterocycles. The van der Waals surface area contributed by atoms with E-state index in [0.717, 1.165) is 26.2 Å². The van der Waals surface area contributed by atoms with Crippen LogP contribution in [0.3, 0.4) is 0 Å². The summed E-state index contributed by atoms with van der Waals surface area (Å²) in [6, 6.07) is 2.21. The predicted octanol–water partition coefficient (Wildman–Crippen LogP) is 0.881. The largest absolute Gasteiger partial charge is 0.300 e. The number of piperazine rings is 1. The minimum atomic E-state index is 0.595. The van der Waals surface area contributed by atoms with Crippen LogP contribution in [0.5, 0.6) is 0 Å². The summed E-state index contributed by atoms with van der Waals surface area (Å²) in [7, 11) is 0. The van der Waals surface area contributed by atoms with Crippen molar-refractivity contribution < 1.29 is 0 Å². The van der Waals surface area contributed by atoms with Gasteiger partial charge < -0.3 is 0 Å². The second kappa shape index (κ2) is 7.10. The number of rotatable bonds is 5. The van der Waals surface area contributed by atoms with Crippen LogP contribution in [0, 0.1) is 11.3 Å². The number of hydrogen-bond acceptors (Lipinski definition) is 4. The Morgan fingerprint density at radius 2 is 1.86 bits per heavy atom. The SMILES string of the molecule is CCSCCN1CCN(CC#N)CC1. The van der Waals surface area contributed by atoms with Crippen molar-refractivity contribution in [3.05, 3.63) is 0 Å². The van der Waals surface area contributed by atoms with Crippen LogP contribution in [0.4, 0.5) is 0 Å². The van der Waals surface area contributed by atoms with Gasteiger partial charge in [0, 0.05) is 38.5 Å². The molecule has 1 aliphatic rings. The Bertz CT molecular complexity index is 182. The molecule has 1 fully saturated rings. The molecule has 0 spiro atoms. The van der Waals surface area contributed by atoms with E-state index in [1.54, 1.807) is 0 Å². The van der Waals surface area contributed by atoms with Crippen LogP contribution in [0.25, 0.3) is 0 Å². The molecule has 1 rings (SSSR count). The van der Waals surface area contributed by atoms with Gasteiger partial charge in [-0.3, -0.25) is 9.80 Å². The summed E-state index contributed by atoms with van der Waals surface area (Å²) in [6.07, 6.45) is 0. The zero-order valence-electron chi connectivity index (χ0n) is 8.91. The molecule has 0 aromatic carbocycles. The normalized spacial score (nSPS) is 19.4. The maximum Gasteiger partial charge on any atom is 0.0866 e. The van der Waals surface area contributed by atoms with Gasteiger partial charge in [0.25, 0.3) is 0 Å². The molecule has 3 nitrogen and oxygen atoms in total. The summed E-state index contributed by atoms with van der Waals surface area (Å²) in [4.78, 5) is 4.72. The molecule has 0 aromatic heterocycles.